The standard InChI is InChI=1S/C15H17NO2S/c1-4-13(3)15-6-5-11-16(15)19(17,18)14-9-7-12(2)8-10-14/h4-11,13H,1H2,2-3H3. The summed E-state index contributed by atoms with van der Waals surface area (Å²) in [4.78, 5) is 0.298. The van der Waals surface area contributed by atoms with Crippen molar-refractivity contribution < 1.29 is 8.42 Å². The molecule has 1 aromatic carbocycles. The zero-order valence-electron chi connectivity index (χ0n) is 11.1. The molecule has 1 heterocycles. The first-order valence-corrected chi connectivity index (χ1v) is 7.53. The van der Waals surface area contributed by atoms with E-state index in [1.807, 2.05) is 13.8 Å². The third-order valence-corrected chi connectivity index (χ3v) is 4.86. The Morgan fingerprint density at radius 2 is 1.84 bits per heavy atom. The largest absolute Gasteiger partial charge is 0.267 e. The first-order valence-electron chi connectivity index (χ1n) is 6.09. The van der Waals surface area contributed by atoms with Crippen LogP contribution in [0.25, 0.3) is 0 Å². The molecule has 0 radical (unpaired) electrons. The molecule has 1 unspecified atom stereocenters. The Hall–Kier alpha value is -1.81. The lowest BCUT2D eigenvalue weighted by atomic mass is 10.1. The molecule has 0 N–H and O–H groups in total. The minimum absolute atomic E-state index is 0.0183. The van der Waals surface area contributed by atoms with E-state index in [9.17, 15) is 8.42 Å². The van der Waals surface area contributed by atoms with E-state index in [4.69, 9.17) is 0 Å². The smallest absolute Gasteiger partial charge is 0.245 e. The van der Waals surface area contributed by atoms with Crippen molar-refractivity contribution >= 4 is 10.0 Å². The Morgan fingerprint density at radius 3 is 2.42 bits per heavy atom. The number of nitrogens with zero attached hydrogens (tertiary/aromatic N) is 1. The molecule has 100 valence electrons. The quantitative estimate of drug-likeness (QED) is 0.803. The van der Waals surface area contributed by atoms with Crippen LogP contribution in [0.5, 0.6) is 0 Å². The summed E-state index contributed by atoms with van der Waals surface area (Å²) in [5, 5.41) is 0. The molecule has 0 amide bonds. The molecule has 0 aliphatic carbocycles. The molecule has 1 atom stereocenters. The van der Waals surface area contributed by atoms with E-state index in [0.29, 0.717) is 4.90 Å². The Labute approximate surface area is 114 Å². The molecule has 19 heavy (non-hydrogen) atoms. The molecule has 2 aromatic rings. The third kappa shape index (κ3) is 2.49. The molecule has 0 saturated carbocycles. The average Bonchev–Trinajstić information content (AvgIpc) is 2.88. The maximum absolute atomic E-state index is 12.6. The molecule has 4 heteroatoms. The van der Waals surface area contributed by atoms with Crippen molar-refractivity contribution in [2.75, 3.05) is 0 Å². The van der Waals surface area contributed by atoms with Gasteiger partial charge in [-0.05, 0) is 31.2 Å². The molecule has 0 fully saturated rings. The van der Waals surface area contributed by atoms with Gasteiger partial charge in [-0.2, -0.15) is 0 Å². The number of hydrogen-bond donors (Lipinski definition) is 0. The number of aromatic nitrogens is 1. The number of hydrogen-bond acceptors (Lipinski definition) is 2. The van der Waals surface area contributed by atoms with Gasteiger partial charge in [-0.3, -0.25) is 0 Å². The normalized spacial score (nSPS) is 13.2. The van der Waals surface area contributed by atoms with Crippen LogP contribution < -0.4 is 0 Å². The van der Waals surface area contributed by atoms with Gasteiger partial charge in [0.2, 0.25) is 0 Å². The van der Waals surface area contributed by atoms with Crippen LogP contribution in [0.15, 0.2) is 60.1 Å². The fourth-order valence-electron chi connectivity index (χ4n) is 1.90. The highest BCUT2D eigenvalue weighted by Gasteiger charge is 2.20. The van der Waals surface area contributed by atoms with Crippen LogP contribution in [-0.4, -0.2) is 12.4 Å². The van der Waals surface area contributed by atoms with Crippen molar-refractivity contribution in [3.8, 4) is 0 Å². The second kappa shape index (κ2) is 5.05. The minimum atomic E-state index is -3.53. The summed E-state index contributed by atoms with van der Waals surface area (Å²) in [6.07, 6.45) is 3.31. The highest BCUT2D eigenvalue weighted by Crippen LogP contribution is 2.22. The van der Waals surface area contributed by atoms with Gasteiger partial charge in [-0.25, -0.2) is 12.4 Å². The van der Waals surface area contributed by atoms with Gasteiger partial charge in [0.05, 0.1) is 4.90 Å². The van der Waals surface area contributed by atoms with E-state index >= 15 is 0 Å². The van der Waals surface area contributed by atoms with Crippen LogP contribution in [0.4, 0.5) is 0 Å². The van der Waals surface area contributed by atoms with Crippen molar-refractivity contribution in [1.82, 2.24) is 3.97 Å². The van der Waals surface area contributed by atoms with Crippen LogP contribution in [0, 0.1) is 6.92 Å². The van der Waals surface area contributed by atoms with Crippen LogP contribution >= 0.6 is 0 Å². The van der Waals surface area contributed by atoms with Gasteiger partial charge in [0.25, 0.3) is 10.0 Å². The van der Waals surface area contributed by atoms with Gasteiger partial charge >= 0.3 is 0 Å². The van der Waals surface area contributed by atoms with Crippen molar-refractivity contribution in [3.05, 3.63) is 66.5 Å². The first kappa shape index (κ1) is 13.6. The highest BCUT2D eigenvalue weighted by atomic mass is 32.2. The molecular weight excluding hydrogens is 258 g/mol. The topological polar surface area (TPSA) is 39.1 Å². The summed E-state index contributed by atoms with van der Waals surface area (Å²) >= 11 is 0. The van der Waals surface area contributed by atoms with Gasteiger partial charge in [-0.15, -0.1) is 6.58 Å². The molecule has 0 spiro atoms. The number of aryl methyl sites for hydroxylation is 1. The average molecular weight is 275 g/mol. The van der Waals surface area contributed by atoms with Gasteiger partial charge in [-0.1, -0.05) is 30.7 Å². The summed E-state index contributed by atoms with van der Waals surface area (Å²) in [7, 11) is -3.53. The lowest BCUT2D eigenvalue weighted by Crippen LogP contribution is -2.15. The number of rotatable bonds is 4. The Kier molecular flexibility index (Phi) is 3.62. The van der Waals surface area contributed by atoms with Crippen LogP contribution in [-0.2, 0) is 10.0 Å². The first-order chi connectivity index (χ1) is 8.96. The molecule has 0 saturated heterocycles. The second-order valence-electron chi connectivity index (χ2n) is 4.57. The maximum atomic E-state index is 12.6. The van der Waals surface area contributed by atoms with E-state index in [0.717, 1.165) is 11.3 Å². The zero-order chi connectivity index (χ0) is 14.0. The van der Waals surface area contributed by atoms with E-state index < -0.39 is 10.0 Å². The fourth-order valence-corrected chi connectivity index (χ4v) is 3.34. The molecular formula is C15H17NO2S. The van der Waals surface area contributed by atoms with Crippen molar-refractivity contribution in [3.63, 3.8) is 0 Å². The Bertz CT molecular complexity index is 681. The van der Waals surface area contributed by atoms with Gasteiger partial charge < -0.3 is 0 Å². The molecule has 2 rings (SSSR count). The van der Waals surface area contributed by atoms with E-state index in [-0.39, 0.29) is 5.92 Å². The molecule has 0 bridgehead atoms. The summed E-state index contributed by atoms with van der Waals surface area (Å²) in [6, 6.07) is 10.4. The maximum Gasteiger partial charge on any atom is 0.267 e. The summed E-state index contributed by atoms with van der Waals surface area (Å²) < 4.78 is 26.5. The van der Waals surface area contributed by atoms with E-state index in [1.165, 1.54) is 3.97 Å². The monoisotopic (exact) mass is 275 g/mol. The predicted molar refractivity (Wildman–Crippen MR) is 76.8 cm³/mol. The Morgan fingerprint density at radius 1 is 1.21 bits per heavy atom. The number of benzene rings is 1. The van der Waals surface area contributed by atoms with Gasteiger partial charge in [0, 0.05) is 17.8 Å². The van der Waals surface area contributed by atoms with Crippen molar-refractivity contribution in [2.24, 2.45) is 0 Å². The number of allylic oxidation sites excluding steroid dienone is 1. The lowest BCUT2D eigenvalue weighted by molar-refractivity contribution is 0.584. The molecule has 1 aromatic heterocycles. The lowest BCUT2D eigenvalue weighted by Gasteiger charge is -2.13. The summed E-state index contributed by atoms with van der Waals surface area (Å²) in [5.74, 6) is -0.0183. The summed E-state index contributed by atoms with van der Waals surface area (Å²) in [5.41, 5.74) is 1.75. The predicted octanol–water partition coefficient (Wildman–Crippen LogP) is 3.32. The van der Waals surface area contributed by atoms with Crippen LogP contribution in [0.3, 0.4) is 0 Å². The molecule has 0 aliphatic rings. The minimum Gasteiger partial charge on any atom is -0.245 e. The van der Waals surface area contributed by atoms with E-state index in [2.05, 4.69) is 6.58 Å². The van der Waals surface area contributed by atoms with E-state index in [1.54, 1.807) is 48.7 Å². The fraction of sp³-hybridized carbons (Fsp3) is 0.200. The third-order valence-electron chi connectivity index (χ3n) is 3.14. The molecule has 0 aliphatic heterocycles. The summed E-state index contributed by atoms with van der Waals surface area (Å²) in [6.45, 7) is 7.56. The van der Waals surface area contributed by atoms with Crippen molar-refractivity contribution in [2.45, 2.75) is 24.7 Å². The zero-order valence-corrected chi connectivity index (χ0v) is 11.9. The SMILES string of the molecule is C=CC(C)c1cccn1S(=O)(=O)c1ccc(C)cc1. The van der Waals surface area contributed by atoms with Gasteiger partial charge in [0.1, 0.15) is 0 Å². The van der Waals surface area contributed by atoms with Gasteiger partial charge in [0.15, 0.2) is 0 Å². The van der Waals surface area contributed by atoms with Crippen molar-refractivity contribution in [1.29, 1.82) is 0 Å². The van der Waals surface area contributed by atoms with Crippen LogP contribution in [0.2, 0.25) is 0 Å². The highest BCUT2D eigenvalue weighted by molar-refractivity contribution is 7.90. The molecule has 3 nitrogen and oxygen atoms in total. The van der Waals surface area contributed by atoms with Crippen LogP contribution in [0.1, 0.15) is 24.1 Å². The Balaban J connectivity index is 2.54. The second-order valence-corrected chi connectivity index (χ2v) is 6.39.